The third-order valence-corrected chi connectivity index (χ3v) is 1.92. The van der Waals surface area contributed by atoms with Crippen molar-refractivity contribution in [2.24, 2.45) is 7.05 Å². The van der Waals surface area contributed by atoms with Crippen molar-refractivity contribution < 1.29 is 4.39 Å². The summed E-state index contributed by atoms with van der Waals surface area (Å²) in [5, 5.41) is 13.2. The molecule has 0 aliphatic heterocycles. The normalized spacial score (nSPS) is 10.2. The van der Waals surface area contributed by atoms with Crippen LogP contribution >= 0.6 is 0 Å². The summed E-state index contributed by atoms with van der Waals surface area (Å²) in [4.78, 5) is 0. The number of halogens is 1. The zero-order valence-corrected chi connectivity index (χ0v) is 6.95. The number of hydrogen-bond donors (Lipinski definition) is 0. The monoisotopic (exact) mass is 175 g/mol. The molecule has 2 aromatic rings. The minimum Gasteiger partial charge on any atom is -0.257 e. The number of fused-ring (bicyclic) bond motifs is 1. The van der Waals surface area contributed by atoms with Gasteiger partial charge in [0.2, 0.25) is 0 Å². The zero-order valence-electron chi connectivity index (χ0n) is 6.95. The van der Waals surface area contributed by atoms with Gasteiger partial charge in [-0.05, 0) is 12.1 Å². The quantitative estimate of drug-likeness (QED) is 0.610. The molecule has 0 amide bonds. The molecule has 0 atom stereocenters. The summed E-state index contributed by atoms with van der Waals surface area (Å²) >= 11 is 0. The van der Waals surface area contributed by atoms with Crippen LogP contribution in [0.5, 0.6) is 0 Å². The molecule has 3 nitrogen and oxygen atoms in total. The zero-order chi connectivity index (χ0) is 9.42. The molecule has 0 aliphatic rings. The summed E-state index contributed by atoms with van der Waals surface area (Å²) in [6.45, 7) is 0. The van der Waals surface area contributed by atoms with E-state index in [1.807, 2.05) is 6.07 Å². The van der Waals surface area contributed by atoms with Crippen molar-refractivity contribution >= 4 is 10.9 Å². The summed E-state index contributed by atoms with van der Waals surface area (Å²) < 4.78 is 14.5. The first-order chi connectivity index (χ1) is 6.24. The molecule has 1 aromatic carbocycles. The van der Waals surface area contributed by atoms with E-state index < -0.39 is 5.82 Å². The number of aryl methyl sites for hydroxylation is 1. The number of hydrogen-bond acceptors (Lipinski definition) is 2. The lowest BCUT2D eigenvalue weighted by atomic mass is 10.2. The second-order valence-electron chi connectivity index (χ2n) is 2.72. The van der Waals surface area contributed by atoms with Gasteiger partial charge in [0.05, 0.1) is 0 Å². The Morgan fingerprint density at radius 3 is 3.00 bits per heavy atom. The Balaban J connectivity index is 2.96. The molecule has 1 aromatic heterocycles. The van der Waals surface area contributed by atoms with E-state index in [1.54, 1.807) is 19.2 Å². The smallest absolute Gasteiger partial charge is 0.151 e. The van der Waals surface area contributed by atoms with E-state index in [4.69, 9.17) is 5.26 Å². The SMILES string of the molecule is Cn1nc2c(F)cccc2c1C#N. The average molecular weight is 175 g/mol. The van der Waals surface area contributed by atoms with Crippen LogP contribution in [0.1, 0.15) is 5.69 Å². The summed E-state index contributed by atoms with van der Waals surface area (Å²) in [5.74, 6) is -0.394. The van der Waals surface area contributed by atoms with Crippen LogP contribution < -0.4 is 0 Å². The lowest BCUT2D eigenvalue weighted by Crippen LogP contribution is -1.92. The Kier molecular flexibility index (Phi) is 1.52. The molecule has 13 heavy (non-hydrogen) atoms. The van der Waals surface area contributed by atoms with Crippen molar-refractivity contribution in [3.63, 3.8) is 0 Å². The van der Waals surface area contributed by atoms with Crippen LogP contribution in [0.2, 0.25) is 0 Å². The van der Waals surface area contributed by atoms with Crippen molar-refractivity contribution in [3.05, 3.63) is 29.7 Å². The number of rotatable bonds is 0. The second kappa shape index (κ2) is 2.56. The molecular formula is C9H6FN3. The Morgan fingerprint density at radius 1 is 1.54 bits per heavy atom. The Labute approximate surface area is 74.0 Å². The van der Waals surface area contributed by atoms with Gasteiger partial charge in [0.1, 0.15) is 17.3 Å². The maximum absolute atomic E-state index is 13.1. The van der Waals surface area contributed by atoms with Crippen LogP contribution in [-0.2, 0) is 7.05 Å². The maximum atomic E-state index is 13.1. The van der Waals surface area contributed by atoms with Gasteiger partial charge in [0, 0.05) is 12.4 Å². The van der Waals surface area contributed by atoms with Gasteiger partial charge in [0.25, 0.3) is 0 Å². The lowest BCUT2D eigenvalue weighted by molar-refractivity contribution is 0.632. The van der Waals surface area contributed by atoms with E-state index in [0.29, 0.717) is 11.1 Å². The van der Waals surface area contributed by atoms with Crippen molar-refractivity contribution in [3.8, 4) is 6.07 Å². The molecule has 2 rings (SSSR count). The van der Waals surface area contributed by atoms with Gasteiger partial charge in [-0.2, -0.15) is 10.4 Å². The first-order valence-electron chi connectivity index (χ1n) is 3.75. The lowest BCUT2D eigenvalue weighted by Gasteiger charge is -1.88. The van der Waals surface area contributed by atoms with E-state index in [2.05, 4.69) is 5.10 Å². The summed E-state index contributed by atoms with van der Waals surface area (Å²) in [6.07, 6.45) is 0. The molecular weight excluding hydrogens is 169 g/mol. The first kappa shape index (κ1) is 7.74. The molecule has 0 radical (unpaired) electrons. The Bertz CT molecular complexity index is 507. The molecule has 0 fully saturated rings. The predicted octanol–water partition coefficient (Wildman–Crippen LogP) is 1.58. The number of benzene rings is 1. The summed E-state index contributed by atoms with van der Waals surface area (Å²) in [5.41, 5.74) is 0.635. The minimum atomic E-state index is -0.394. The summed E-state index contributed by atoms with van der Waals surface area (Å²) in [7, 11) is 1.62. The fourth-order valence-electron chi connectivity index (χ4n) is 1.31. The van der Waals surface area contributed by atoms with E-state index >= 15 is 0 Å². The molecule has 0 spiro atoms. The van der Waals surface area contributed by atoms with Gasteiger partial charge in [-0.15, -0.1) is 0 Å². The molecule has 0 saturated carbocycles. The largest absolute Gasteiger partial charge is 0.257 e. The van der Waals surface area contributed by atoms with Crippen molar-refractivity contribution in [2.45, 2.75) is 0 Å². The van der Waals surface area contributed by atoms with Crippen LogP contribution in [0.15, 0.2) is 18.2 Å². The van der Waals surface area contributed by atoms with Crippen molar-refractivity contribution in [1.82, 2.24) is 9.78 Å². The van der Waals surface area contributed by atoms with Crippen LogP contribution in [0.4, 0.5) is 4.39 Å². The fraction of sp³-hybridized carbons (Fsp3) is 0.111. The first-order valence-corrected chi connectivity index (χ1v) is 3.75. The van der Waals surface area contributed by atoms with E-state index in [9.17, 15) is 4.39 Å². The highest BCUT2D eigenvalue weighted by Crippen LogP contribution is 2.19. The van der Waals surface area contributed by atoms with Crippen molar-refractivity contribution in [1.29, 1.82) is 5.26 Å². The molecule has 0 unspecified atom stereocenters. The van der Waals surface area contributed by atoms with Gasteiger partial charge in [-0.1, -0.05) is 6.07 Å². The van der Waals surface area contributed by atoms with Gasteiger partial charge in [-0.25, -0.2) is 4.39 Å². The van der Waals surface area contributed by atoms with Gasteiger partial charge in [-0.3, -0.25) is 4.68 Å². The number of nitrogens with zero attached hydrogens (tertiary/aromatic N) is 3. The highest BCUT2D eigenvalue weighted by molar-refractivity contribution is 5.84. The molecule has 0 N–H and O–H groups in total. The highest BCUT2D eigenvalue weighted by Gasteiger charge is 2.10. The third-order valence-electron chi connectivity index (χ3n) is 1.92. The van der Waals surface area contributed by atoms with E-state index in [-0.39, 0.29) is 5.52 Å². The molecule has 1 heterocycles. The molecule has 0 saturated heterocycles. The molecule has 4 heteroatoms. The van der Waals surface area contributed by atoms with Gasteiger partial charge < -0.3 is 0 Å². The van der Waals surface area contributed by atoms with Crippen LogP contribution in [0.3, 0.4) is 0 Å². The average Bonchev–Trinajstić information content (AvgIpc) is 2.43. The maximum Gasteiger partial charge on any atom is 0.151 e. The van der Waals surface area contributed by atoms with Gasteiger partial charge in [0.15, 0.2) is 5.82 Å². The van der Waals surface area contributed by atoms with Crippen LogP contribution in [0, 0.1) is 17.1 Å². The standard InChI is InChI=1S/C9H6FN3/c1-13-8(5-11)6-3-2-4-7(10)9(6)12-13/h2-4H,1H3. The van der Waals surface area contributed by atoms with E-state index in [1.165, 1.54) is 10.7 Å². The molecule has 64 valence electrons. The molecule has 0 bridgehead atoms. The van der Waals surface area contributed by atoms with Gasteiger partial charge >= 0.3 is 0 Å². The second-order valence-corrected chi connectivity index (χ2v) is 2.72. The van der Waals surface area contributed by atoms with Crippen LogP contribution in [0.25, 0.3) is 10.9 Å². The Morgan fingerprint density at radius 2 is 2.31 bits per heavy atom. The number of nitriles is 1. The minimum absolute atomic E-state index is 0.251. The van der Waals surface area contributed by atoms with Crippen molar-refractivity contribution in [2.75, 3.05) is 0 Å². The number of aromatic nitrogens is 2. The fourth-order valence-corrected chi connectivity index (χ4v) is 1.31. The highest BCUT2D eigenvalue weighted by atomic mass is 19.1. The predicted molar refractivity (Wildman–Crippen MR) is 45.4 cm³/mol. The Hall–Kier alpha value is -1.89. The summed E-state index contributed by atoms with van der Waals surface area (Å²) in [6, 6.07) is 6.56. The van der Waals surface area contributed by atoms with Crippen LogP contribution in [-0.4, -0.2) is 9.78 Å². The topological polar surface area (TPSA) is 41.6 Å². The molecule has 0 aliphatic carbocycles. The third kappa shape index (κ3) is 0.975. The van der Waals surface area contributed by atoms with E-state index in [0.717, 1.165) is 0 Å².